The molecule has 1 aromatic heterocycles. The van der Waals surface area contributed by atoms with Gasteiger partial charge in [-0.3, -0.25) is 53.1 Å². The van der Waals surface area contributed by atoms with Crippen molar-refractivity contribution in [3.05, 3.63) is 105 Å². The van der Waals surface area contributed by atoms with E-state index in [1.165, 1.54) is 29.2 Å². The summed E-state index contributed by atoms with van der Waals surface area (Å²) < 4.78 is 47.2. The largest absolute Gasteiger partial charge is 0.399 e. The molecule has 18 nitrogen and oxygen atoms in total. The van der Waals surface area contributed by atoms with Crippen LogP contribution in [-0.4, -0.2) is 129 Å². The standard InChI is InChI=1S/C53H57F2N6O12PS/c1-52(2,3)45(58-47(65)42-26-34-25-35(17-20-41(34)75-42)53(54,55)74(70,71)72)51(69)60-29-36(27-40(60)50(68)59-23-11-15-33(28-59)32-13-8-6-9-14-32)73-30-44(63)56-22-10-5-4-7-12-31-16-18-37-38(24-31)49(67)61(48(37)66)39-19-21-43(62)57-46(39)64/h6,8-9,13-14,16-18,20,24-26,33,36,39-40,45H,4-5,10-11,15,19,21-23,27-30H2,1-3H3,(H,56,63)(H,58,65)(H,57,62,64)(H2,70,71,72)/t33-,36-,39?,40-,45?/m0/s1. The minimum atomic E-state index is -5.85. The quantitative estimate of drug-likeness (QED) is 0.0435. The van der Waals surface area contributed by atoms with Gasteiger partial charge in [-0.15, -0.1) is 11.3 Å². The number of fused-ring (bicyclic) bond motifs is 2. The number of amides is 8. The van der Waals surface area contributed by atoms with E-state index >= 15 is 0 Å². The molecular weight excluding hydrogens is 1010 g/mol. The summed E-state index contributed by atoms with van der Waals surface area (Å²) in [6.45, 7) is 6.01. The highest BCUT2D eigenvalue weighted by Crippen LogP contribution is 2.59. The molecule has 22 heteroatoms. The van der Waals surface area contributed by atoms with Crippen LogP contribution in [0.5, 0.6) is 0 Å². The Bertz CT molecular complexity index is 3060. The smallest absolute Gasteiger partial charge is 0.366 e. The molecule has 3 aromatic carbocycles. The number of carbonyl (C=O) groups is 8. The molecule has 2 unspecified atom stereocenters. The number of imide groups is 2. The zero-order valence-corrected chi connectivity index (χ0v) is 43.1. The summed E-state index contributed by atoms with van der Waals surface area (Å²) in [5.74, 6) is 1.75. The van der Waals surface area contributed by atoms with Gasteiger partial charge in [0.05, 0.1) is 22.1 Å². The summed E-state index contributed by atoms with van der Waals surface area (Å²) in [6.07, 6.45) is 2.65. The van der Waals surface area contributed by atoms with Crippen molar-refractivity contribution < 1.29 is 66.2 Å². The van der Waals surface area contributed by atoms with Gasteiger partial charge in [-0.2, -0.15) is 8.78 Å². The molecule has 0 bridgehead atoms. The first kappa shape index (κ1) is 54.6. The molecule has 3 saturated heterocycles. The number of rotatable bonds is 15. The van der Waals surface area contributed by atoms with Crippen molar-refractivity contribution >= 4 is 76.3 Å². The molecule has 0 spiro atoms. The molecule has 75 heavy (non-hydrogen) atoms. The third kappa shape index (κ3) is 12.1. The van der Waals surface area contributed by atoms with Gasteiger partial charge in [-0.25, -0.2) is 0 Å². The fourth-order valence-electron chi connectivity index (χ4n) is 9.83. The number of unbranched alkanes of at least 4 members (excludes halogenated alkanes) is 2. The predicted octanol–water partition coefficient (Wildman–Crippen LogP) is 5.40. The summed E-state index contributed by atoms with van der Waals surface area (Å²) >= 11 is 0.942. The third-order valence-corrected chi connectivity index (χ3v) is 16.0. The molecule has 5 N–H and O–H groups in total. The van der Waals surface area contributed by atoms with Crippen LogP contribution in [0.3, 0.4) is 0 Å². The van der Waals surface area contributed by atoms with Crippen LogP contribution in [0.2, 0.25) is 0 Å². The number of hydrogen-bond donors (Lipinski definition) is 5. The van der Waals surface area contributed by atoms with Crippen molar-refractivity contribution in [1.29, 1.82) is 0 Å². The van der Waals surface area contributed by atoms with Crippen molar-refractivity contribution in [2.24, 2.45) is 5.41 Å². The number of likely N-dealkylation sites (tertiary alicyclic amines) is 2. The van der Waals surface area contributed by atoms with E-state index < -0.39 is 89.8 Å². The summed E-state index contributed by atoms with van der Waals surface area (Å²) in [5.41, 5.74) is -4.42. The summed E-state index contributed by atoms with van der Waals surface area (Å²) in [5, 5.41) is 7.95. The molecule has 0 saturated carbocycles. The fraction of sp³-hybridized carbons (Fsp3) is 0.434. The van der Waals surface area contributed by atoms with Crippen LogP contribution in [0.25, 0.3) is 10.1 Å². The zero-order valence-electron chi connectivity index (χ0n) is 41.4. The summed E-state index contributed by atoms with van der Waals surface area (Å²) in [4.78, 5) is 129. The molecule has 0 aliphatic carbocycles. The number of piperidine rings is 2. The summed E-state index contributed by atoms with van der Waals surface area (Å²) in [6, 6.07) is 15.5. The molecule has 4 aromatic rings. The zero-order chi connectivity index (χ0) is 54.0. The Morgan fingerprint density at radius 1 is 0.933 bits per heavy atom. The van der Waals surface area contributed by atoms with Crippen LogP contribution in [-0.2, 0) is 38.9 Å². The van der Waals surface area contributed by atoms with E-state index in [1.807, 2.05) is 30.3 Å². The van der Waals surface area contributed by atoms with Crippen LogP contribution in [0.1, 0.15) is 125 Å². The Morgan fingerprint density at radius 3 is 2.40 bits per heavy atom. The first-order valence-corrected chi connectivity index (χ1v) is 27.1. The lowest BCUT2D eigenvalue weighted by Gasteiger charge is -2.38. The number of ether oxygens (including phenoxy) is 1. The van der Waals surface area contributed by atoms with Crippen LogP contribution < -0.4 is 16.0 Å². The van der Waals surface area contributed by atoms with Crippen LogP contribution >= 0.6 is 18.9 Å². The number of nitrogens with one attached hydrogen (secondary N) is 3. The number of halogens is 2. The van der Waals surface area contributed by atoms with Crippen molar-refractivity contribution in [2.75, 3.05) is 32.8 Å². The fourth-order valence-corrected chi connectivity index (χ4v) is 11.3. The van der Waals surface area contributed by atoms with E-state index in [9.17, 15) is 61.5 Å². The molecule has 4 aliphatic heterocycles. The van der Waals surface area contributed by atoms with Gasteiger partial charge in [0.15, 0.2) is 0 Å². The molecule has 8 amide bonds. The molecule has 3 fully saturated rings. The highest BCUT2D eigenvalue weighted by atomic mass is 32.1. The Balaban J connectivity index is 0.879. The second-order valence-corrected chi connectivity index (χ2v) is 23.0. The predicted molar refractivity (Wildman–Crippen MR) is 270 cm³/mol. The highest BCUT2D eigenvalue weighted by molar-refractivity contribution is 7.52. The second kappa shape index (κ2) is 22.3. The Labute approximate surface area is 435 Å². The van der Waals surface area contributed by atoms with Crippen molar-refractivity contribution in [3.63, 3.8) is 0 Å². The number of thiophene rings is 1. The SMILES string of the molecule is CC(C)(C)C(NC(=O)c1cc2cc(C(F)(F)P(=O)(O)O)ccc2s1)C(=O)N1C[C@@H](OCC(=O)NCCCCC#Cc2ccc3c(c2)C(=O)N(C2CCC(=O)NC2=O)C3=O)C[C@H]1C(=O)N1CCC[C@H](c2ccccc2)C1. The van der Waals surface area contributed by atoms with Gasteiger partial charge >= 0.3 is 13.3 Å². The molecule has 5 atom stereocenters. The lowest BCUT2D eigenvalue weighted by molar-refractivity contribution is -0.147. The lowest BCUT2D eigenvalue weighted by Crippen LogP contribution is -2.58. The summed E-state index contributed by atoms with van der Waals surface area (Å²) in [7, 11) is -5.85. The number of nitrogens with zero attached hydrogens (tertiary/aromatic N) is 3. The number of carbonyl (C=O) groups excluding carboxylic acids is 8. The van der Waals surface area contributed by atoms with Crippen LogP contribution in [0.4, 0.5) is 8.78 Å². The maximum absolute atomic E-state index is 14.8. The van der Waals surface area contributed by atoms with Gasteiger partial charge in [0, 0.05) is 67.2 Å². The maximum atomic E-state index is 14.8. The average molecular weight is 1070 g/mol. The first-order chi connectivity index (χ1) is 35.5. The van der Waals surface area contributed by atoms with Gasteiger partial charge < -0.3 is 35.0 Å². The minimum absolute atomic E-state index is 0.0148. The normalized spacial score (nSPS) is 20.6. The lowest BCUT2D eigenvalue weighted by atomic mass is 9.85. The van der Waals surface area contributed by atoms with Crippen LogP contribution in [0, 0.1) is 17.3 Å². The van der Waals surface area contributed by atoms with E-state index in [4.69, 9.17) is 4.74 Å². The van der Waals surface area contributed by atoms with Gasteiger partial charge in [-0.1, -0.05) is 69.0 Å². The van der Waals surface area contributed by atoms with Crippen LogP contribution in [0.15, 0.2) is 72.8 Å². The van der Waals surface area contributed by atoms with E-state index in [0.29, 0.717) is 49.2 Å². The molecule has 0 radical (unpaired) electrons. The topological polar surface area (TPSA) is 249 Å². The Morgan fingerprint density at radius 2 is 1.68 bits per heavy atom. The van der Waals surface area contributed by atoms with E-state index in [-0.39, 0.29) is 65.6 Å². The maximum Gasteiger partial charge on any atom is 0.399 e. The number of hydrogen-bond acceptors (Lipinski definition) is 11. The van der Waals surface area contributed by atoms with Gasteiger partial charge in [0.1, 0.15) is 24.7 Å². The minimum Gasteiger partial charge on any atom is -0.366 e. The Kier molecular flexibility index (Phi) is 16.2. The number of benzene rings is 3. The van der Waals surface area contributed by atoms with Gasteiger partial charge in [0.25, 0.3) is 17.7 Å². The molecule has 5 heterocycles. The first-order valence-electron chi connectivity index (χ1n) is 24.7. The Hall–Kier alpha value is -6.69. The average Bonchev–Trinajstić information content (AvgIpc) is 4.07. The molecule has 4 aliphatic rings. The van der Waals surface area contributed by atoms with Crippen molar-refractivity contribution in [1.82, 2.24) is 30.7 Å². The van der Waals surface area contributed by atoms with Gasteiger partial charge in [0.2, 0.25) is 29.5 Å². The van der Waals surface area contributed by atoms with Crippen molar-refractivity contribution in [2.45, 2.75) is 108 Å². The van der Waals surface area contributed by atoms with Crippen molar-refractivity contribution in [3.8, 4) is 11.8 Å². The third-order valence-electron chi connectivity index (χ3n) is 13.8. The molecular formula is C53H57F2N6O12PS. The molecule has 8 rings (SSSR count). The number of alkyl halides is 2. The highest BCUT2D eigenvalue weighted by Gasteiger charge is 2.51. The van der Waals surface area contributed by atoms with Gasteiger partial charge in [-0.05, 0) is 84.9 Å². The molecule has 396 valence electrons. The van der Waals surface area contributed by atoms with E-state index in [1.54, 1.807) is 31.7 Å². The monoisotopic (exact) mass is 1070 g/mol. The van der Waals surface area contributed by atoms with E-state index in [0.717, 1.165) is 46.8 Å². The van der Waals surface area contributed by atoms with E-state index in [2.05, 4.69) is 27.8 Å². The second-order valence-electron chi connectivity index (χ2n) is 20.2.